The first-order valence-corrected chi connectivity index (χ1v) is 12.2. The fourth-order valence-corrected chi connectivity index (χ4v) is 4.09. The molecular weight excluding hydrogens is 507 g/mol. The molecule has 9 nitrogen and oxygen atoms in total. The number of esters is 2. The number of halogens is 1. The molecule has 0 spiro atoms. The third kappa shape index (κ3) is 7.10. The first-order valence-electron chi connectivity index (χ1n) is 12.2. The van der Waals surface area contributed by atoms with Gasteiger partial charge in [-0.05, 0) is 32.4 Å². The molecule has 1 amide bonds. The summed E-state index contributed by atoms with van der Waals surface area (Å²) >= 11 is 0. The number of aromatic nitrogens is 1. The van der Waals surface area contributed by atoms with Gasteiger partial charge >= 0.3 is 11.9 Å². The molecule has 0 radical (unpaired) electrons. The van der Waals surface area contributed by atoms with Gasteiger partial charge in [0, 0.05) is 36.7 Å². The quantitative estimate of drug-likeness (QED) is 0.379. The number of methoxy groups -OCH3 is 2. The average molecular weight is 539 g/mol. The Morgan fingerprint density at radius 2 is 1.62 bits per heavy atom. The van der Waals surface area contributed by atoms with Crippen molar-refractivity contribution in [2.75, 3.05) is 14.2 Å². The Bertz CT molecular complexity index is 1340. The van der Waals surface area contributed by atoms with Crippen LogP contribution in [0.4, 0.5) is 4.39 Å². The molecule has 3 rings (SSSR count). The zero-order chi connectivity index (χ0) is 28.7. The molecule has 1 heterocycles. The lowest BCUT2D eigenvalue weighted by Gasteiger charge is -2.27. The Kier molecular flexibility index (Phi) is 9.59. The smallest absolute Gasteiger partial charge is 0.328 e. The maximum atomic E-state index is 13.9. The van der Waals surface area contributed by atoms with Gasteiger partial charge < -0.3 is 24.3 Å². The van der Waals surface area contributed by atoms with Crippen molar-refractivity contribution < 1.29 is 37.7 Å². The van der Waals surface area contributed by atoms with Crippen LogP contribution in [0.1, 0.15) is 53.9 Å². The molecule has 2 aromatic carbocycles. The van der Waals surface area contributed by atoms with Gasteiger partial charge in [0.2, 0.25) is 5.75 Å². The van der Waals surface area contributed by atoms with Gasteiger partial charge in [-0.25, -0.2) is 14.2 Å². The number of pyridine rings is 1. The summed E-state index contributed by atoms with van der Waals surface area (Å²) in [4.78, 5) is 41.6. The first kappa shape index (κ1) is 29.1. The molecule has 0 aliphatic rings. The van der Waals surface area contributed by atoms with E-state index in [1.54, 1.807) is 13.0 Å². The average Bonchev–Trinajstić information content (AvgIpc) is 2.90. The van der Waals surface area contributed by atoms with Crippen LogP contribution in [-0.2, 0) is 14.3 Å². The van der Waals surface area contributed by atoms with E-state index in [0.29, 0.717) is 11.3 Å². The molecule has 39 heavy (non-hydrogen) atoms. The van der Waals surface area contributed by atoms with Crippen LogP contribution in [-0.4, -0.2) is 49.2 Å². The predicted octanol–water partition coefficient (Wildman–Crippen LogP) is 4.35. The molecule has 3 atom stereocenters. The maximum Gasteiger partial charge on any atom is 0.328 e. The summed E-state index contributed by atoms with van der Waals surface area (Å²) in [6, 6.07) is 12.2. The van der Waals surface area contributed by atoms with Crippen LogP contribution < -0.4 is 19.5 Å². The van der Waals surface area contributed by atoms with E-state index in [2.05, 4.69) is 10.3 Å². The third-order valence-corrected chi connectivity index (χ3v) is 5.99. The predicted molar refractivity (Wildman–Crippen MR) is 141 cm³/mol. The van der Waals surface area contributed by atoms with E-state index in [1.807, 2.05) is 31.2 Å². The lowest BCUT2D eigenvalue weighted by atomic mass is 9.86. The number of nitrogens with one attached hydrogen (secondary N) is 1. The number of amides is 1. The van der Waals surface area contributed by atoms with Gasteiger partial charge in [0.15, 0.2) is 11.4 Å². The number of rotatable bonds is 10. The van der Waals surface area contributed by atoms with Gasteiger partial charge in [-0.3, -0.25) is 9.59 Å². The molecule has 3 aromatic rings. The lowest BCUT2D eigenvalue weighted by Crippen LogP contribution is -2.41. The lowest BCUT2D eigenvalue weighted by molar-refractivity contribution is -0.150. The summed E-state index contributed by atoms with van der Waals surface area (Å²) in [5.41, 5.74) is 2.27. The fraction of sp³-hybridized carbons (Fsp3) is 0.310. The van der Waals surface area contributed by atoms with Crippen LogP contribution in [0.3, 0.4) is 0 Å². The highest BCUT2D eigenvalue weighted by molar-refractivity contribution is 5.98. The van der Waals surface area contributed by atoms with E-state index < -0.39 is 41.7 Å². The van der Waals surface area contributed by atoms with E-state index in [-0.39, 0.29) is 17.2 Å². The van der Waals surface area contributed by atoms with Crippen molar-refractivity contribution in [1.29, 1.82) is 0 Å². The Morgan fingerprint density at radius 1 is 0.949 bits per heavy atom. The third-order valence-electron chi connectivity index (χ3n) is 5.99. The Labute approximate surface area is 226 Å². The minimum atomic E-state index is -1.09. The summed E-state index contributed by atoms with van der Waals surface area (Å²) in [7, 11) is 2.79. The molecule has 0 fully saturated rings. The van der Waals surface area contributed by atoms with E-state index in [4.69, 9.17) is 18.9 Å². The van der Waals surface area contributed by atoms with Gasteiger partial charge in [-0.15, -0.1) is 0 Å². The molecule has 10 heteroatoms. The molecular formula is C29H31FN2O7. The number of hydrogen-bond donors (Lipinski definition) is 1. The van der Waals surface area contributed by atoms with E-state index in [1.165, 1.54) is 52.5 Å². The standard InChI is InChI=1S/C29H31FN2O7/c1-16-7-9-20(10-8-16)25(22-12-11-21(30)15-24(22)37-6)18(3)38-29(35)17(2)32-28(34)26-27(39-19(4)33)23(36-5)13-14-31-26/h7-15,17-18,25H,1-6H3,(H,32,34)/t17-,18-,25+/m0/s1. The summed E-state index contributed by atoms with van der Waals surface area (Å²) in [5, 5.41) is 2.53. The Morgan fingerprint density at radius 3 is 2.23 bits per heavy atom. The van der Waals surface area contributed by atoms with Gasteiger partial charge in [0.05, 0.1) is 14.2 Å². The maximum absolute atomic E-state index is 13.9. The number of carbonyl (C=O) groups excluding carboxylic acids is 3. The normalized spacial score (nSPS) is 13.0. The molecule has 1 aromatic heterocycles. The summed E-state index contributed by atoms with van der Waals surface area (Å²) in [5.74, 6) is -2.84. The molecule has 0 saturated carbocycles. The van der Waals surface area contributed by atoms with Crippen molar-refractivity contribution in [3.8, 4) is 17.2 Å². The fourth-order valence-electron chi connectivity index (χ4n) is 4.09. The number of aryl methyl sites for hydroxylation is 1. The van der Waals surface area contributed by atoms with Crippen LogP contribution in [0.15, 0.2) is 54.7 Å². The Balaban J connectivity index is 1.84. The van der Waals surface area contributed by atoms with Crippen molar-refractivity contribution in [3.63, 3.8) is 0 Å². The van der Waals surface area contributed by atoms with Gasteiger partial charge in [-0.2, -0.15) is 0 Å². The number of nitrogens with zero attached hydrogens (tertiary/aromatic N) is 1. The zero-order valence-electron chi connectivity index (χ0n) is 22.6. The molecule has 0 aliphatic carbocycles. The molecule has 0 aliphatic heterocycles. The van der Waals surface area contributed by atoms with Crippen molar-refractivity contribution in [2.24, 2.45) is 0 Å². The molecule has 206 valence electrons. The highest BCUT2D eigenvalue weighted by Gasteiger charge is 2.30. The number of hydrogen-bond acceptors (Lipinski definition) is 8. The van der Waals surface area contributed by atoms with Crippen molar-refractivity contribution in [2.45, 2.75) is 45.8 Å². The summed E-state index contributed by atoms with van der Waals surface area (Å²) in [6.07, 6.45) is 0.583. The highest BCUT2D eigenvalue weighted by atomic mass is 19.1. The van der Waals surface area contributed by atoms with Crippen LogP contribution in [0, 0.1) is 12.7 Å². The van der Waals surface area contributed by atoms with Crippen molar-refractivity contribution in [3.05, 3.63) is 82.9 Å². The van der Waals surface area contributed by atoms with Crippen LogP contribution >= 0.6 is 0 Å². The van der Waals surface area contributed by atoms with Crippen LogP contribution in [0.25, 0.3) is 0 Å². The second-order valence-electron chi connectivity index (χ2n) is 8.90. The van der Waals surface area contributed by atoms with Crippen molar-refractivity contribution >= 4 is 17.8 Å². The minimum absolute atomic E-state index is 0.128. The number of benzene rings is 2. The molecule has 0 bridgehead atoms. The van der Waals surface area contributed by atoms with E-state index in [9.17, 15) is 18.8 Å². The molecule has 0 saturated heterocycles. The summed E-state index contributed by atoms with van der Waals surface area (Å²) < 4.78 is 35.4. The van der Waals surface area contributed by atoms with Gasteiger partial charge in [0.25, 0.3) is 5.91 Å². The second kappa shape index (κ2) is 12.9. The highest BCUT2D eigenvalue weighted by Crippen LogP contribution is 2.36. The van der Waals surface area contributed by atoms with Crippen molar-refractivity contribution in [1.82, 2.24) is 10.3 Å². The second-order valence-corrected chi connectivity index (χ2v) is 8.90. The largest absolute Gasteiger partial charge is 0.496 e. The molecule has 0 unspecified atom stereocenters. The van der Waals surface area contributed by atoms with Gasteiger partial charge in [-0.1, -0.05) is 35.9 Å². The van der Waals surface area contributed by atoms with E-state index >= 15 is 0 Å². The van der Waals surface area contributed by atoms with Gasteiger partial charge in [0.1, 0.15) is 23.7 Å². The minimum Gasteiger partial charge on any atom is -0.496 e. The monoisotopic (exact) mass is 538 g/mol. The number of ether oxygens (including phenoxy) is 4. The SMILES string of the molecule is COc1cc(F)ccc1[C@@H](c1ccc(C)cc1)[C@H](C)OC(=O)[C@H](C)NC(=O)c1nccc(OC)c1OC(C)=O. The Hall–Kier alpha value is -4.47. The van der Waals surface area contributed by atoms with Crippen LogP contribution in [0.2, 0.25) is 0 Å². The summed E-state index contributed by atoms with van der Waals surface area (Å²) in [6.45, 7) is 6.30. The van der Waals surface area contributed by atoms with Crippen LogP contribution in [0.5, 0.6) is 17.2 Å². The topological polar surface area (TPSA) is 113 Å². The van der Waals surface area contributed by atoms with E-state index in [0.717, 1.165) is 11.1 Å². The first-order chi connectivity index (χ1) is 18.5. The number of carbonyl (C=O) groups is 3. The molecule has 1 N–H and O–H groups in total. The zero-order valence-corrected chi connectivity index (χ0v) is 22.6.